The van der Waals surface area contributed by atoms with E-state index in [1.807, 2.05) is 0 Å². The zero-order valence-corrected chi connectivity index (χ0v) is 9.69. The van der Waals surface area contributed by atoms with E-state index in [1.165, 1.54) is 0 Å². The van der Waals surface area contributed by atoms with Gasteiger partial charge in [0.15, 0.2) is 5.76 Å². The summed E-state index contributed by atoms with van der Waals surface area (Å²) >= 11 is 0. The summed E-state index contributed by atoms with van der Waals surface area (Å²) in [6, 6.07) is 3.31. The molecule has 4 N–H and O–H groups in total. The molecule has 0 aromatic carbocycles. The van der Waals surface area contributed by atoms with Gasteiger partial charge in [0, 0.05) is 12.5 Å². The highest BCUT2D eigenvalue weighted by molar-refractivity contribution is 5.91. The first kappa shape index (κ1) is 12.1. The smallest absolute Gasteiger partial charge is 0.287 e. The Bertz CT molecular complexity index is 389. The molecule has 0 bridgehead atoms. The Labute approximate surface area is 100.0 Å². The molecule has 0 saturated heterocycles. The standard InChI is InChI=1S/C12H18N2O3/c13-6-9-4-5-11(17-9)12(16)14-7-8-2-1-3-10(8)15/h4-5,8,10,15H,1-3,6-7,13H2,(H,14,16). The average Bonchev–Trinajstić information content (AvgIpc) is 2.94. The van der Waals surface area contributed by atoms with E-state index in [4.69, 9.17) is 10.2 Å². The van der Waals surface area contributed by atoms with E-state index in [9.17, 15) is 9.90 Å². The zero-order chi connectivity index (χ0) is 12.3. The molecular weight excluding hydrogens is 220 g/mol. The van der Waals surface area contributed by atoms with Crippen molar-refractivity contribution < 1.29 is 14.3 Å². The summed E-state index contributed by atoms with van der Waals surface area (Å²) in [4.78, 5) is 11.7. The van der Waals surface area contributed by atoms with Crippen LogP contribution in [-0.4, -0.2) is 23.7 Å². The minimum absolute atomic E-state index is 0.169. The molecule has 0 radical (unpaired) electrons. The molecule has 94 valence electrons. The van der Waals surface area contributed by atoms with Gasteiger partial charge in [0.2, 0.25) is 0 Å². The summed E-state index contributed by atoms with van der Waals surface area (Å²) in [6.07, 6.45) is 2.54. The van der Waals surface area contributed by atoms with Crippen LogP contribution in [0.2, 0.25) is 0 Å². The Kier molecular flexibility index (Phi) is 3.81. The quantitative estimate of drug-likeness (QED) is 0.717. The normalized spacial score (nSPS) is 23.9. The maximum Gasteiger partial charge on any atom is 0.287 e. The van der Waals surface area contributed by atoms with Crippen LogP contribution >= 0.6 is 0 Å². The number of aliphatic hydroxyl groups is 1. The predicted octanol–water partition coefficient (Wildman–Crippen LogP) is 0.629. The van der Waals surface area contributed by atoms with E-state index in [0.29, 0.717) is 12.3 Å². The van der Waals surface area contributed by atoms with Gasteiger partial charge in [-0.3, -0.25) is 4.79 Å². The molecule has 2 unspecified atom stereocenters. The Balaban J connectivity index is 1.84. The van der Waals surface area contributed by atoms with Crippen LogP contribution in [-0.2, 0) is 6.54 Å². The van der Waals surface area contributed by atoms with Crippen LogP contribution in [0.4, 0.5) is 0 Å². The largest absolute Gasteiger partial charge is 0.455 e. The number of aliphatic hydroxyl groups excluding tert-OH is 1. The van der Waals surface area contributed by atoms with Crippen LogP contribution in [0.15, 0.2) is 16.5 Å². The molecule has 1 aromatic rings. The van der Waals surface area contributed by atoms with E-state index in [1.54, 1.807) is 12.1 Å². The molecule has 1 aliphatic rings. The van der Waals surface area contributed by atoms with Crippen molar-refractivity contribution >= 4 is 5.91 Å². The lowest BCUT2D eigenvalue weighted by Gasteiger charge is -2.14. The summed E-state index contributed by atoms with van der Waals surface area (Å²) < 4.78 is 5.24. The molecule has 1 heterocycles. The van der Waals surface area contributed by atoms with Gasteiger partial charge in [0.1, 0.15) is 5.76 Å². The van der Waals surface area contributed by atoms with Gasteiger partial charge >= 0.3 is 0 Å². The number of nitrogens with two attached hydrogens (primary N) is 1. The van der Waals surface area contributed by atoms with E-state index >= 15 is 0 Å². The third kappa shape index (κ3) is 2.87. The van der Waals surface area contributed by atoms with Crippen molar-refractivity contribution in [2.75, 3.05) is 6.54 Å². The van der Waals surface area contributed by atoms with E-state index in [0.717, 1.165) is 19.3 Å². The highest BCUT2D eigenvalue weighted by Crippen LogP contribution is 2.24. The molecule has 1 saturated carbocycles. The van der Waals surface area contributed by atoms with Crippen molar-refractivity contribution in [1.29, 1.82) is 0 Å². The van der Waals surface area contributed by atoms with Gasteiger partial charge < -0.3 is 20.6 Å². The van der Waals surface area contributed by atoms with Gasteiger partial charge in [-0.15, -0.1) is 0 Å². The third-order valence-electron chi connectivity index (χ3n) is 3.23. The first-order valence-electron chi connectivity index (χ1n) is 5.95. The molecule has 2 atom stereocenters. The monoisotopic (exact) mass is 238 g/mol. The van der Waals surface area contributed by atoms with E-state index in [-0.39, 0.29) is 30.2 Å². The molecule has 2 rings (SSSR count). The van der Waals surface area contributed by atoms with Crippen molar-refractivity contribution in [2.45, 2.75) is 31.9 Å². The fourth-order valence-corrected chi connectivity index (χ4v) is 2.18. The summed E-state index contributed by atoms with van der Waals surface area (Å²) in [5.41, 5.74) is 5.40. The summed E-state index contributed by atoms with van der Waals surface area (Å²) in [7, 11) is 0. The molecule has 1 aliphatic carbocycles. The molecule has 0 aliphatic heterocycles. The van der Waals surface area contributed by atoms with Gasteiger partial charge in [-0.2, -0.15) is 0 Å². The molecule has 17 heavy (non-hydrogen) atoms. The number of amides is 1. The lowest BCUT2D eigenvalue weighted by molar-refractivity contribution is 0.0888. The molecule has 1 aromatic heterocycles. The number of carbonyl (C=O) groups is 1. The van der Waals surface area contributed by atoms with Crippen LogP contribution in [0.1, 0.15) is 35.6 Å². The van der Waals surface area contributed by atoms with Crippen molar-refractivity contribution in [3.63, 3.8) is 0 Å². The van der Waals surface area contributed by atoms with Crippen LogP contribution in [0.3, 0.4) is 0 Å². The Morgan fingerprint density at radius 2 is 2.35 bits per heavy atom. The molecule has 0 spiro atoms. The lowest BCUT2D eigenvalue weighted by Crippen LogP contribution is -2.32. The number of furan rings is 1. The maximum absolute atomic E-state index is 11.7. The highest BCUT2D eigenvalue weighted by Gasteiger charge is 2.25. The first-order valence-corrected chi connectivity index (χ1v) is 5.95. The van der Waals surface area contributed by atoms with Crippen molar-refractivity contribution in [2.24, 2.45) is 11.7 Å². The Morgan fingerprint density at radius 1 is 1.53 bits per heavy atom. The lowest BCUT2D eigenvalue weighted by atomic mass is 10.1. The topological polar surface area (TPSA) is 88.5 Å². The van der Waals surface area contributed by atoms with Crippen LogP contribution < -0.4 is 11.1 Å². The third-order valence-corrected chi connectivity index (χ3v) is 3.23. The number of hydrogen-bond acceptors (Lipinski definition) is 4. The maximum atomic E-state index is 11.7. The molecule has 5 heteroatoms. The highest BCUT2D eigenvalue weighted by atomic mass is 16.4. The second kappa shape index (κ2) is 5.33. The number of hydrogen-bond donors (Lipinski definition) is 3. The summed E-state index contributed by atoms with van der Waals surface area (Å²) in [6.45, 7) is 0.785. The fraction of sp³-hybridized carbons (Fsp3) is 0.583. The summed E-state index contributed by atoms with van der Waals surface area (Å²) in [5, 5.41) is 12.4. The van der Waals surface area contributed by atoms with Gasteiger partial charge in [-0.25, -0.2) is 0 Å². The molecule has 5 nitrogen and oxygen atoms in total. The van der Waals surface area contributed by atoms with E-state index in [2.05, 4.69) is 5.32 Å². The van der Waals surface area contributed by atoms with Gasteiger partial charge in [0.25, 0.3) is 5.91 Å². The first-order chi connectivity index (χ1) is 8.20. The molecule has 1 fully saturated rings. The van der Waals surface area contributed by atoms with Gasteiger partial charge in [-0.05, 0) is 25.0 Å². The van der Waals surface area contributed by atoms with Gasteiger partial charge in [-0.1, -0.05) is 6.42 Å². The van der Waals surface area contributed by atoms with Crippen LogP contribution in [0, 0.1) is 5.92 Å². The number of nitrogens with one attached hydrogen (secondary N) is 1. The minimum Gasteiger partial charge on any atom is -0.455 e. The second-order valence-electron chi connectivity index (χ2n) is 4.44. The zero-order valence-electron chi connectivity index (χ0n) is 9.69. The fourth-order valence-electron chi connectivity index (χ4n) is 2.18. The molecule has 1 amide bonds. The predicted molar refractivity (Wildman–Crippen MR) is 62.3 cm³/mol. The number of carbonyl (C=O) groups excluding carboxylic acids is 1. The summed E-state index contributed by atoms with van der Waals surface area (Å²) in [5.74, 6) is 0.792. The van der Waals surface area contributed by atoms with Crippen LogP contribution in [0.25, 0.3) is 0 Å². The van der Waals surface area contributed by atoms with Crippen LogP contribution in [0.5, 0.6) is 0 Å². The Morgan fingerprint density at radius 3 is 2.94 bits per heavy atom. The molecular formula is C12H18N2O3. The Hall–Kier alpha value is -1.33. The van der Waals surface area contributed by atoms with Crippen molar-refractivity contribution in [3.05, 3.63) is 23.7 Å². The average molecular weight is 238 g/mol. The van der Waals surface area contributed by atoms with Gasteiger partial charge in [0.05, 0.1) is 12.6 Å². The van der Waals surface area contributed by atoms with Crippen molar-refractivity contribution in [1.82, 2.24) is 5.32 Å². The second-order valence-corrected chi connectivity index (χ2v) is 4.44. The minimum atomic E-state index is -0.286. The van der Waals surface area contributed by atoms with Crippen molar-refractivity contribution in [3.8, 4) is 0 Å². The van der Waals surface area contributed by atoms with E-state index < -0.39 is 0 Å². The SMILES string of the molecule is NCc1ccc(C(=O)NCC2CCCC2O)o1. The number of rotatable bonds is 4.